The van der Waals surface area contributed by atoms with Gasteiger partial charge in [0.2, 0.25) is 4.96 Å². The molecule has 8 nitrogen and oxygen atoms in total. The standard InChI is InChI=1S/C21H19N5O3S/c1-2-4-18-23-24-21-26(18)25-20(30-21)14-5-3-6-15(11-14)22-19(27)13-7-8-16-17(12-13)29-10-9-28-16/h3,5-8,11-12H,2,4,9-10H2,1H3,(H,22,27). The fourth-order valence-corrected chi connectivity index (χ4v) is 4.13. The van der Waals surface area contributed by atoms with Crippen LogP contribution in [0.1, 0.15) is 29.5 Å². The molecule has 1 aliphatic heterocycles. The molecule has 0 radical (unpaired) electrons. The van der Waals surface area contributed by atoms with E-state index in [1.165, 1.54) is 11.3 Å². The molecule has 9 heteroatoms. The maximum absolute atomic E-state index is 12.7. The van der Waals surface area contributed by atoms with E-state index in [1.807, 2.05) is 24.3 Å². The minimum atomic E-state index is -0.215. The van der Waals surface area contributed by atoms with Crippen LogP contribution in [0.2, 0.25) is 0 Å². The van der Waals surface area contributed by atoms with E-state index in [9.17, 15) is 4.79 Å². The molecule has 1 aliphatic rings. The van der Waals surface area contributed by atoms with Crippen LogP contribution in [0.25, 0.3) is 15.5 Å². The Kier molecular flexibility index (Phi) is 4.80. The molecular formula is C21H19N5O3S. The van der Waals surface area contributed by atoms with Gasteiger partial charge in [-0.15, -0.1) is 10.2 Å². The van der Waals surface area contributed by atoms with E-state index in [1.54, 1.807) is 22.7 Å². The molecule has 0 bridgehead atoms. The van der Waals surface area contributed by atoms with Gasteiger partial charge in [-0.1, -0.05) is 30.4 Å². The topological polar surface area (TPSA) is 90.6 Å². The van der Waals surface area contributed by atoms with Crippen molar-refractivity contribution in [3.05, 3.63) is 53.9 Å². The molecule has 4 aromatic rings. The number of aryl methyl sites for hydroxylation is 1. The molecule has 0 fully saturated rings. The van der Waals surface area contributed by atoms with Crippen molar-refractivity contribution in [2.45, 2.75) is 19.8 Å². The normalized spacial score (nSPS) is 12.8. The molecular weight excluding hydrogens is 402 g/mol. The third-order valence-corrected chi connectivity index (χ3v) is 5.65. The number of fused-ring (bicyclic) bond motifs is 2. The first-order valence-electron chi connectivity index (χ1n) is 9.74. The van der Waals surface area contributed by atoms with Crippen molar-refractivity contribution in [1.29, 1.82) is 0 Å². The van der Waals surface area contributed by atoms with E-state index in [0.717, 1.165) is 34.2 Å². The summed E-state index contributed by atoms with van der Waals surface area (Å²) in [5.41, 5.74) is 2.10. The van der Waals surface area contributed by atoms with E-state index in [0.29, 0.717) is 36.0 Å². The number of nitrogens with zero attached hydrogens (tertiary/aromatic N) is 4. The van der Waals surface area contributed by atoms with Gasteiger partial charge in [0.15, 0.2) is 17.3 Å². The maximum Gasteiger partial charge on any atom is 0.255 e. The largest absolute Gasteiger partial charge is 0.486 e. The second-order valence-corrected chi connectivity index (χ2v) is 7.82. The van der Waals surface area contributed by atoms with Gasteiger partial charge in [0, 0.05) is 23.2 Å². The summed E-state index contributed by atoms with van der Waals surface area (Å²) in [4.78, 5) is 13.5. The third kappa shape index (κ3) is 3.48. The molecule has 5 rings (SSSR count). The number of amides is 1. The van der Waals surface area contributed by atoms with Gasteiger partial charge in [0.1, 0.15) is 18.2 Å². The number of hydrogen-bond donors (Lipinski definition) is 1. The summed E-state index contributed by atoms with van der Waals surface area (Å²) in [6, 6.07) is 12.8. The summed E-state index contributed by atoms with van der Waals surface area (Å²) >= 11 is 1.47. The van der Waals surface area contributed by atoms with Gasteiger partial charge < -0.3 is 14.8 Å². The quantitative estimate of drug-likeness (QED) is 0.527. The summed E-state index contributed by atoms with van der Waals surface area (Å²) < 4.78 is 12.9. The van der Waals surface area contributed by atoms with E-state index < -0.39 is 0 Å². The van der Waals surface area contributed by atoms with Gasteiger partial charge in [-0.05, 0) is 36.8 Å². The predicted octanol–water partition coefficient (Wildman–Crippen LogP) is 3.83. The molecule has 0 aliphatic carbocycles. The predicted molar refractivity (Wildman–Crippen MR) is 113 cm³/mol. The average Bonchev–Trinajstić information content (AvgIpc) is 3.36. The Morgan fingerprint density at radius 2 is 2.00 bits per heavy atom. The minimum absolute atomic E-state index is 0.215. The molecule has 0 atom stereocenters. The lowest BCUT2D eigenvalue weighted by molar-refractivity contribution is 0.102. The number of carbonyl (C=O) groups is 1. The zero-order valence-electron chi connectivity index (χ0n) is 16.3. The van der Waals surface area contributed by atoms with Crippen LogP contribution >= 0.6 is 11.3 Å². The SMILES string of the molecule is CCCc1nnc2sc(-c3cccc(NC(=O)c4ccc5c(c4)OCCO5)c3)nn12. The summed E-state index contributed by atoms with van der Waals surface area (Å²) in [7, 11) is 0. The number of nitrogens with one attached hydrogen (secondary N) is 1. The first-order valence-corrected chi connectivity index (χ1v) is 10.6. The highest BCUT2D eigenvalue weighted by Gasteiger charge is 2.16. The van der Waals surface area contributed by atoms with Crippen LogP contribution in [0.4, 0.5) is 5.69 Å². The summed E-state index contributed by atoms with van der Waals surface area (Å²) in [5, 5.41) is 16.8. The number of aromatic nitrogens is 4. The number of hydrogen-bond acceptors (Lipinski definition) is 7. The van der Waals surface area contributed by atoms with Gasteiger partial charge in [-0.3, -0.25) is 4.79 Å². The zero-order valence-corrected chi connectivity index (χ0v) is 17.1. The molecule has 30 heavy (non-hydrogen) atoms. The molecule has 0 saturated carbocycles. The Labute approximate surface area is 176 Å². The van der Waals surface area contributed by atoms with E-state index >= 15 is 0 Å². The molecule has 2 aromatic carbocycles. The van der Waals surface area contributed by atoms with Gasteiger partial charge in [0.25, 0.3) is 5.91 Å². The molecule has 1 amide bonds. The maximum atomic E-state index is 12.7. The van der Waals surface area contributed by atoms with Gasteiger partial charge in [0.05, 0.1) is 0 Å². The van der Waals surface area contributed by atoms with Crippen LogP contribution in [0.3, 0.4) is 0 Å². The van der Waals surface area contributed by atoms with Crippen molar-refractivity contribution < 1.29 is 14.3 Å². The van der Waals surface area contributed by atoms with Crippen molar-refractivity contribution in [1.82, 2.24) is 19.8 Å². The van der Waals surface area contributed by atoms with Crippen LogP contribution in [-0.4, -0.2) is 38.9 Å². The Bertz CT molecular complexity index is 1230. The van der Waals surface area contributed by atoms with Crippen LogP contribution in [0, 0.1) is 0 Å². The van der Waals surface area contributed by atoms with Crippen molar-refractivity contribution in [3.8, 4) is 22.1 Å². The monoisotopic (exact) mass is 421 g/mol. The summed E-state index contributed by atoms with van der Waals surface area (Å²) in [6.45, 7) is 3.10. The van der Waals surface area contributed by atoms with Gasteiger partial charge >= 0.3 is 0 Å². The van der Waals surface area contributed by atoms with Crippen LogP contribution in [0.5, 0.6) is 11.5 Å². The fraction of sp³-hybridized carbons (Fsp3) is 0.238. The smallest absolute Gasteiger partial charge is 0.255 e. The lowest BCUT2D eigenvalue weighted by Gasteiger charge is -2.18. The molecule has 0 spiro atoms. The van der Waals surface area contributed by atoms with Crippen molar-refractivity contribution in [2.24, 2.45) is 0 Å². The Morgan fingerprint density at radius 3 is 2.87 bits per heavy atom. The second kappa shape index (κ2) is 7.75. The Morgan fingerprint density at radius 1 is 1.13 bits per heavy atom. The molecule has 0 saturated heterocycles. The zero-order chi connectivity index (χ0) is 20.5. The lowest BCUT2D eigenvalue weighted by Crippen LogP contribution is -2.17. The van der Waals surface area contributed by atoms with Crippen molar-refractivity contribution >= 4 is 27.9 Å². The van der Waals surface area contributed by atoms with Crippen molar-refractivity contribution in [3.63, 3.8) is 0 Å². The second-order valence-electron chi connectivity index (χ2n) is 6.86. The number of ether oxygens (including phenoxy) is 2. The van der Waals surface area contributed by atoms with Crippen LogP contribution in [-0.2, 0) is 6.42 Å². The number of anilines is 1. The van der Waals surface area contributed by atoms with E-state index in [-0.39, 0.29) is 5.91 Å². The minimum Gasteiger partial charge on any atom is -0.486 e. The highest BCUT2D eigenvalue weighted by molar-refractivity contribution is 7.19. The highest BCUT2D eigenvalue weighted by atomic mass is 32.1. The van der Waals surface area contributed by atoms with Gasteiger partial charge in [-0.25, -0.2) is 0 Å². The van der Waals surface area contributed by atoms with Crippen LogP contribution < -0.4 is 14.8 Å². The van der Waals surface area contributed by atoms with Crippen molar-refractivity contribution in [2.75, 3.05) is 18.5 Å². The lowest BCUT2D eigenvalue weighted by atomic mass is 10.1. The van der Waals surface area contributed by atoms with E-state index in [2.05, 4.69) is 27.5 Å². The third-order valence-electron chi connectivity index (χ3n) is 4.70. The number of carbonyl (C=O) groups excluding carboxylic acids is 1. The first kappa shape index (κ1) is 18.6. The Hall–Kier alpha value is -3.46. The first-order chi connectivity index (χ1) is 14.7. The summed E-state index contributed by atoms with van der Waals surface area (Å²) in [5.74, 6) is 1.89. The highest BCUT2D eigenvalue weighted by Crippen LogP contribution is 2.31. The number of benzene rings is 2. The average molecular weight is 421 g/mol. The van der Waals surface area contributed by atoms with Crippen LogP contribution in [0.15, 0.2) is 42.5 Å². The molecule has 0 unspecified atom stereocenters. The Balaban J connectivity index is 1.38. The molecule has 2 aromatic heterocycles. The number of rotatable bonds is 5. The molecule has 152 valence electrons. The summed E-state index contributed by atoms with van der Waals surface area (Å²) in [6.07, 6.45) is 1.81. The van der Waals surface area contributed by atoms with Gasteiger partial charge in [-0.2, -0.15) is 9.61 Å². The van der Waals surface area contributed by atoms with E-state index in [4.69, 9.17) is 9.47 Å². The molecule has 3 heterocycles. The fourth-order valence-electron chi connectivity index (χ4n) is 3.27. The molecule has 1 N–H and O–H groups in total.